The van der Waals surface area contributed by atoms with E-state index in [-0.39, 0.29) is 41.9 Å². The van der Waals surface area contributed by atoms with Crippen molar-refractivity contribution in [2.75, 3.05) is 45.9 Å². The van der Waals surface area contributed by atoms with Crippen LogP contribution in [-0.4, -0.2) is 117 Å². The Balaban J connectivity index is 0.979. The molecule has 2 aromatic rings. The number of para-hydroxylation sites is 2. The monoisotopic (exact) mass is 584 g/mol. The van der Waals surface area contributed by atoms with Crippen LogP contribution in [0, 0.1) is 0 Å². The number of amides is 2. The molecule has 1 aromatic heterocycles. The number of rotatable bonds is 8. The van der Waals surface area contributed by atoms with E-state index >= 15 is 0 Å². The Kier molecular flexibility index (Phi) is 8.58. The van der Waals surface area contributed by atoms with Crippen LogP contribution in [0.2, 0.25) is 0 Å². The van der Waals surface area contributed by atoms with Crippen molar-refractivity contribution in [3.63, 3.8) is 0 Å². The van der Waals surface area contributed by atoms with E-state index < -0.39 is 12.2 Å². The Morgan fingerprint density at radius 2 is 1.71 bits per heavy atom. The van der Waals surface area contributed by atoms with Crippen LogP contribution in [0.25, 0.3) is 11.0 Å². The fraction of sp³-hybridized carbons (Fsp3) is 0.700. The average Bonchev–Trinajstić information content (AvgIpc) is 3.65. The number of nitrogens with one attached hydrogen (secondary N) is 1. The molecule has 12 heteroatoms. The second kappa shape index (κ2) is 12.4. The highest BCUT2D eigenvalue weighted by atomic mass is 16.7. The fourth-order valence-electron chi connectivity index (χ4n) is 7.42. The molecule has 2 amide bonds. The number of benzene rings is 1. The molecule has 0 aliphatic carbocycles. The molecule has 6 rings (SSSR count). The minimum atomic E-state index is -0.626. The number of aliphatic hydroxyl groups excluding tert-OH is 1. The summed E-state index contributed by atoms with van der Waals surface area (Å²) in [7, 11) is 0. The summed E-state index contributed by atoms with van der Waals surface area (Å²) in [6.45, 7) is 8.58. The first-order valence-corrected chi connectivity index (χ1v) is 15.6. The molecule has 4 aliphatic heterocycles. The van der Waals surface area contributed by atoms with Crippen molar-refractivity contribution in [1.82, 2.24) is 29.3 Å². The Labute approximate surface area is 246 Å². The number of piperazine rings is 1. The molecule has 2 bridgehead atoms. The third kappa shape index (κ3) is 5.95. The second-order valence-electron chi connectivity index (χ2n) is 12.6. The van der Waals surface area contributed by atoms with Gasteiger partial charge in [-0.3, -0.25) is 19.2 Å². The SMILES string of the molecule is CC(C)n1c(=O)n(OC(=O)NC2C[C@H]3CC[C@@H](C2)N3CC(O)CN2CCN(C(=O)C3CCCO3)CC2)c2ccccc21. The molecule has 2 N–H and O–H groups in total. The Morgan fingerprint density at radius 3 is 2.36 bits per heavy atom. The van der Waals surface area contributed by atoms with Crippen molar-refractivity contribution in [1.29, 1.82) is 0 Å². The predicted octanol–water partition coefficient (Wildman–Crippen LogP) is 1.20. The summed E-state index contributed by atoms with van der Waals surface area (Å²) in [6, 6.07) is 7.76. The lowest BCUT2D eigenvalue weighted by Crippen LogP contribution is -2.55. The van der Waals surface area contributed by atoms with Crippen LogP contribution < -0.4 is 15.8 Å². The maximum Gasteiger partial charge on any atom is 0.432 e. The summed E-state index contributed by atoms with van der Waals surface area (Å²) in [5, 5.41) is 14.0. The molecule has 0 radical (unpaired) electrons. The molecule has 5 atom stereocenters. The van der Waals surface area contributed by atoms with E-state index in [2.05, 4.69) is 15.1 Å². The molecule has 0 saturated carbocycles. The van der Waals surface area contributed by atoms with Gasteiger partial charge in [-0.1, -0.05) is 12.1 Å². The molecule has 3 unspecified atom stereocenters. The van der Waals surface area contributed by atoms with Gasteiger partial charge in [0.15, 0.2) is 0 Å². The number of imidazole rings is 1. The highest BCUT2D eigenvalue weighted by Gasteiger charge is 2.42. The van der Waals surface area contributed by atoms with Crippen LogP contribution in [-0.2, 0) is 9.53 Å². The number of fused-ring (bicyclic) bond motifs is 3. The minimum Gasteiger partial charge on any atom is -0.390 e. The Hall–Kier alpha value is -2.93. The predicted molar refractivity (Wildman–Crippen MR) is 156 cm³/mol. The summed E-state index contributed by atoms with van der Waals surface area (Å²) >= 11 is 0. The Bertz CT molecular complexity index is 1310. The van der Waals surface area contributed by atoms with Crippen LogP contribution in [0.15, 0.2) is 29.1 Å². The third-order valence-corrected chi connectivity index (χ3v) is 9.42. The quantitative estimate of drug-likeness (QED) is 0.475. The van der Waals surface area contributed by atoms with E-state index in [1.807, 2.05) is 36.9 Å². The maximum absolute atomic E-state index is 13.0. The van der Waals surface area contributed by atoms with Gasteiger partial charge in [0.25, 0.3) is 5.91 Å². The van der Waals surface area contributed by atoms with Crippen LogP contribution in [0.4, 0.5) is 4.79 Å². The van der Waals surface area contributed by atoms with Crippen molar-refractivity contribution < 1.29 is 24.3 Å². The summed E-state index contributed by atoms with van der Waals surface area (Å²) in [6.07, 6.45) is 4.03. The fourth-order valence-corrected chi connectivity index (χ4v) is 7.42. The third-order valence-electron chi connectivity index (χ3n) is 9.42. The Morgan fingerprint density at radius 1 is 1.02 bits per heavy atom. The van der Waals surface area contributed by atoms with Gasteiger partial charge in [-0.15, -0.1) is 4.73 Å². The number of hydrogen-bond donors (Lipinski definition) is 2. The number of hydrogen-bond acceptors (Lipinski definition) is 8. The number of piperidine rings is 1. The molecule has 230 valence electrons. The summed E-state index contributed by atoms with van der Waals surface area (Å²) in [4.78, 5) is 50.7. The molecule has 42 heavy (non-hydrogen) atoms. The first-order chi connectivity index (χ1) is 20.3. The molecule has 4 aliphatic rings. The molecule has 4 saturated heterocycles. The van der Waals surface area contributed by atoms with Crippen LogP contribution in [0.5, 0.6) is 0 Å². The topological polar surface area (TPSA) is 122 Å². The lowest BCUT2D eigenvalue weighted by molar-refractivity contribution is -0.142. The van der Waals surface area contributed by atoms with Crippen LogP contribution in [0.3, 0.4) is 0 Å². The van der Waals surface area contributed by atoms with Gasteiger partial charge in [-0.25, -0.2) is 9.59 Å². The molecule has 1 aromatic carbocycles. The molecular formula is C30H44N6O6. The van der Waals surface area contributed by atoms with Gasteiger partial charge in [0.1, 0.15) is 11.6 Å². The zero-order valence-corrected chi connectivity index (χ0v) is 24.7. The van der Waals surface area contributed by atoms with Crippen molar-refractivity contribution in [3.8, 4) is 0 Å². The van der Waals surface area contributed by atoms with Gasteiger partial charge < -0.3 is 24.9 Å². The second-order valence-corrected chi connectivity index (χ2v) is 12.6. The highest BCUT2D eigenvalue weighted by Crippen LogP contribution is 2.36. The number of aliphatic hydroxyl groups is 1. The van der Waals surface area contributed by atoms with Gasteiger partial charge >= 0.3 is 11.8 Å². The summed E-state index contributed by atoms with van der Waals surface area (Å²) in [5.74, 6) is 0.110. The zero-order chi connectivity index (χ0) is 29.4. The molecular weight excluding hydrogens is 540 g/mol. The number of carbonyl (C=O) groups excluding carboxylic acids is 2. The number of ether oxygens (including phenoxy) is 1. The van der Waals surface area contributed by atoms with Gasteiger partial charge in [0.2, 0.25) is 0 Å². The lowest BCUT2D eigenvalue weighted by Gasteiger charge is -2.41. The van der Waals surface area contributed by atoms with E-state index in [0.29, 0.717) is 38.3 Å². The molecule has 12 nitrogen and oxygen atoms in total. The average molecular weight is 585 g/mol. The first-order valence-electron chi connectivity index (χ1n) is 15.6. The van der Waals surface area contributed by atoms with Crippen molar-refractivity contribution in [2.24, 2.45) is 0 Å². The maximum atomic E-state index is 13.0. The molecule has 5 heterocycles. The summed E-state index contributed by atoms with van der Waals surface area (Å²) < 4.78 is 8.27. The number of nitrogens with zero attached hydrogens (tertiary/aromatic N) is 5. The van der Waals surface area contributed by atoms with E-state index in [1.54, 1.807) is 10.6 Å². The van der Waals surface area contributed by atoms with E-state index in [0.717, 1.165) is 61.9 Å². The highest BCUT2D eigenvalue weighted by molar-refractivity contribution is 5.81. The number of carbonyl (C=O) groups is 2. The molecule has 4 fully saturated rings. The van der Waals surface area contributed by atoms with Gasteiger partial charge in [-0.2, -0.15) is 0 Å². The van der Waals surface area contributed by atoms with Crippen LogP contribution >= 0.6 is 0 Å². The zero-order valence-electron chi connectivity index (χ0n) is 24.7. The standard InChI is InChI=1S/C30H44N6O6/c1-20(2)35-25-6-3-4-7-26(25)36(30(35)40)42-29(39)31-21-16-22-9-10-23(17-21)34(22)19-24(37)18-32-11-13-33(14-12-32)28(38)27-8-5-15-41-27/h3-4,6-7,20-24,27,37H,5,8-19H2,1-2H3,(H,31,39)/t21?,22-,23+,24?,27?. The van der Waals surface area contributed by atoms with Gasteiger partial charge in [0.05, 0.1) is 11.6 Å². The van der Waals surface area contributed by atoms with Crippen LogP contribution in [0.1, 0.15) is 58.4 Å². The summed E-state index contributed by atoms with van der Waals surface area (Å²) in [5.41, 5.74) is 0.913. The van der Waals surface area contributed by atoms with Gasteiger partial charge in [0, 0.05) is 70.0 Å². The van der Waals surface area contributed by atoms with Gasteiger partial charge in [-0.05, 0) is 64.5 Å². The van der Waals surface area contributed by atoms with Crippen molar-refractivity contribution in [3.05, 3.63) is 34.7 Å². The lowest BCUT2D eigenvalue weighted by atomic mass is 9.97. The smallest absolute Gasteiger partial charge is 0.390 e. The van der Waals surface area contributed by atoms with E-state index in [9.17, 15) is 19.5 Å². The largest absolute Gasteiger partial charge is 0.432 e. The van der Waals surface area contributed by atoms with Crippen molar-refractivity contribution in [2.45, 2.75) is 88.7 Å². The minimum absolute atomic E-state index is 0.0491. The number of β-amino-alcohol motifs (C(OH)–C–C–N with tert-alkyl or cyclic N) is 1. The van der Waals surface area contributed by atoms with Crippen molar-refractivity contribution >= 4 is 23.0 Å². The molecule has 0 spiro atoms. The first kappa shape index (κ1) is 29.2. The van der Waals surface area contributed by atoms with E-state index in [4.69, 9.17) is 9.57 Å². The normalized spacial score (nSPS) is 27.6. The van der Waals surface area contributed by atoms with E-state index in [1.165, 1.54) is 0 Å². The number of aromatic nitrogens is 2.